The predicted octanol–water partition coefficient (Wildman–Crippen LogP) is 1.80. The highest BCUT2D eigenvalue weighted by Gasteiger charge is 2.25. The van der Waals surface area contributed by atoms with Gasteiger partial charge in [0.15, 0.2) is 5.82 Å². The fourth-order valence-corrected chi connectivity index (χ4v) is 3.20. The SMILES string of the molecule is NS(=O)(=O)c1cc(Cl)cc(C(=O)NC2CCCC2)c1F. The molecule has 0 atom stereocenters. The number of hydrogen-bond acceptors (Lipinski definition) is 3. The van der Waals surface area contributed by atoms with Crippen molar-refractivity contribution in [2.45, 2.75) is 36.6 Å². The van der Waals surface area contributed by atoms with Crippen LogP contribution < -0.4 is 10.5 Å². The van der Waals surface area contributed by atoms with Crippen molar-refractivity contribution in [2.24, 2.45) is 5.14 Å². The van der Waals surface area contributed by atoms with Gasteiger partial charge in [-0.15, -0.1) is 0 Å². The molecule has 0 bridgehead atoms. The lowest BCUT2D eigenvalue weighted by molar-refractivity contribution is 0.0933. The van der Waals surface area contributed by atoms with Crippen LogP contribution in [0.1, 0.15) is 36.0 Å². The molecule has 2 rings (SSSR count). The lowest BCUT2D eigenvalue weighted by Gasteiger charge is -2.13. The molecule has 0 saturated heterocycles. The zero-order valence-corrected chi connectivity index (χ0v) is 12.1. The van der Waals surface area contributed by atoms with Gasteiger partial charge < -0.3 is 5.32 Å². The van der Waals surface area contributed by atoms with Crippen LogP contribution in [-0.2, 0) is 10.0 Å². The van der Waals surface area contributed by atoms with Crippen molar-refractivity contribution in [2.75, 3.05) is 0 Å². The van der Waals surface area contributed by atoms with E-state index >= 15 is 0 Å². The van der Waals surface area contributed by atoms with E-state index in [1.54, 1.807) is 0 Å². The monoisotopic (exact) mass is 320 g/mol. The first kappa shape index (κ1) is 15.2. The molecule has 1 fully saturated rings. The maximum atomic E-state index is 14.1. The van der Waals surface area contributed by atoms with E-state index in [2.05, 4.69) is 5.32 Å². The summed E-state index contributed by atoms with van der Waals surface area (Å²) in [5.74, 6) is -1.85. The van der Waals surface area contributed by atoms with Gasteiger partial charge in [0.05, 0.1) is 5.56 Å². The van der Waals surface area contributed by atoms with E-state index in [0.717, 1.165) is 37.8 Å². The Morgan fingerprint density at radius 1 is 1.35 bits per heavy atom. The maximum Gasteiger partial charge on any atom is 0.254 e. The van der Waals surface area contributed by atoms with Crippen molar-refractivity contribution in [3.8, 4) is 0 Å². The third-order valence-electron chi connectivity index (χ3n) is 3.25. The average molecular weight is 321 g/mol. The van der Waals surface area contributed by atoms with Crippen LogP contribution in [0.2, 0.25) is 5.02 Å². The van der Waals surface area contributed by atoms with Gasteiger partial charge in [0.25, 0.3) is 5.91 Å². The van der Waals surface area contributed by atoms with Crippen molar-refractivity contribution in [3.63, 3.8) is 0 Å². The minimum absolute atomic E-state index is 0.0150. The van der Waals surface area contributed by atoms with Gasteiger partial charge in [0.1, 0.15) is 4.90 Å². The van der Waals surface area contributed by atoms with E-state index in [1.807, 2.05) is 0 Å². The molecule has 8 heteroatoms. The largest absolute Gasteiger partial charge is 0.349 e. The van der Waals surface area contributed by atoms with E-state index < -0.39 is 32.2 Å². The van der Waals surface area contributed by atoms with Crippen LogP contribution in [0.4, 0.5) is 4.39 Å². The highest BCUT2D eigenvalue weighted by atomic mass is 35.5. The molecule has 1 saturated carbocycles. The van der Waals surface area contributed by atoms with Gasteiger partial charge in [0.2, 0.25) is 10.0 Å². The Morgan fingerprint density at radius 2 is 1.95 bits per heavy atom. The lowest BCUT2D eigenvalue weighted by atomic mass is 10.1. The second-order valence-electron chi connectivity index (χ2n) is 4.77. The molecule has 3 N–H and O–H groups in total. The van der Waals surface area contributed by atoms with Crippen LogP contribution in [0.3, 0.4) is 0 Å². The number of nitrogens with one attached hydrogen (secondary N) is 1. The van der Waals surface area contributed by atoms with E-state index in [0.29, 0.717) is 0 Å². The number of sulfonamides is 1. The number of rotatable bonds is 3. The van der Waals surface area contributed by atoms with Crippen LogP contribution in [0.5, 0.6) is 0 Å². The number of halogens is 2. The number of benzene rings is 1. The zero-order chi connectivity index (χ0) is 14.9. The molecule has 0 spiro atoms. The minimum atomic E-state index is -4.28. The smallest absolute Gasteiger partial charge is 0.254 e. The number of nitrogens with two attached hydrogens (primary N) is 1. The minimum Gasteiger partial charge on any atom is -0.349 e. The lowest BCUT2D eigenvalue weighted by Crippen LogP contribution is -2.33. The van der Waals surface area contributed by atoms with E-state index in [-0.39, 0.29) is 11.1 Å². The number of carbonyl (C=O) groups excluding carboxylic acids is 1. The summed E-state index contributed by atoms with van der Waals surface area (Å²) < 4.78 is 36.6. The topological polar surface area (TPSA) is 89.3 Å². The van der Waals surface area contributed by atoms with Gasteiger partial charge in [0, 0.05) is 11.1 Å². The molecule has 0 aromatic heterocycles. The van der Waals surface area contributed by atoms with Crippen molar-refractivity contribution in [1.82, 2.24) is 5.32 Å². The Bertz CT molecular complexity index is 642. The predicted molar refractivity (Wildman–Crippen MR) is 72.5 cm³/mol. The third kappa shape index (κ3) is 3.28. The van der Waals surface area contributed by atoms with E-state index in [9.17, 15) is 17.6 Å². The van der Waals surface area contributed by atoms with E-state index in [1.165, 1.54) is 0 Å². The van der Waals surface area contributed by atoms with Crippen molar-refractivity contribution >= 4 is 27.5 Å². The van der Waals surface area contributed by atoms with E-state index in [4.69, 9.17) is 16.7 Å². The van der Waals surface area contributed by atoms with Gasteiger partial charge >= 0.3 is 0 Å². The summed E-state index contributed by atoms with van der Waals surface area (Å²) in [6, 6.07) is 1.97. The first-order chi connectivity index (χ1) is 9.29. The summed E-state index contributed by atoms with van der Waals surface area (Å²) in [5, 5.41) is 7.51. The fraction of sp³-hybridized carbons (Fsp3) is 0.417. The van der Waals surface area contributed by atoms with Crippen LogP contribution in [0, 0.1) is 5.82 Å². The van der Waals surface area contributed by atoms with Gasteiger partial charge in [-0.1, -0.05) is 24.4 Å². The molecular weight excluding hydrogens is 307 g/mol. The summed E-state index contributed by atoms with van der Waals surface area (Å²) in [4.78, 5) is 11.2. The molecule has 0 unspecified atom stereocenters. The highest BCUT2D eigenvalue weighted by Crippen LogP contribution is 2.24. The third-order valence-corrected chi connectivity index (χ3v) is 4.37. The van der Waals surface area contributed by atoms with Crippen LogP contribution >= 0.6 is 11.6 Å². The Hall–Kier alpha value is -1.18. The standard InChI is InChI=1S/C12H14ClFN2O3S/c13-7-5-9(11(14)10(6-7)20(15,18)19)12(17)16-8-3-1-2-4-8/h5-6,8H,1-4H2,(H,16,17)(H2,15,18,19). The van der Waals surface area contributed by atoms with Crippen LogP contribution in [0.15, 0.2) is 17.0 Å². The molecular formula is C12H14ClFN2O3S. The second-order valence-corrected chi connectivity index (χ2v) is 6.73. The molecule has 1 amide bonds. The Kier molecular flexibility index (Phi) is 4.31. The molecule has 0 aliphatic heterocycles. The van der Waals surface area contributed by atoms with Gasteiger partial charge in [-0.05, 0) is 25.0 Å². The Balaban J connectivity index is 2.36. The summed E-state index contributed by atoms with van der Waals surface area (Å²) in [7, 11) is -4.28. The first-order valence-corrected chi connectivity index (χ1v) is 8.04. The second kappa shape index (κ2) is 5.67. The fourth-order valence-electron chi connectivity index (χ4n) is 2.27. The molecule has 1 aliphatic carbocycles. The number of primary sulfonamides is 1. The van der Waals surface area contributed by atoms with Gasteiger partial charge in [-0.3, -0.25) is 4.79 Å². The molecule has 0 heterocycles. The molecule has 1 aromatic carbocycles. The Morgan fingerprint density at radius 3 is 2.50 bits per heavy atom. The molecule has 20 heavy (non-hydrogen) atoms. The quantitative estimate of drug-likeness (QED) is 0.890. The molecule has 5 nitrogen and oxygen atoms in total. The zero-order valence-electron chi connectivity index (χ0n) is 10.5. The summed E-state index contributed by atoms with van der Waals surface area (Å²) in [6.45, 7) is 0. The normalized spacial score (nSPS) is 16.4. The van der Waals surface area contributed by atoms with Crippen molar-refractivity contribution in [1.29, 1.82) is 0 Å². The summed E-state index contributed by atoms with van der Waals surface area (Å²) >= 11 is 5.72. The molecule has 0 radical (unpaired) electrons. The number of carbonyl (C=O) groups is 1. The van der Waals surface area contributed by atoms with Crippen LogP contribution in [0.25, 0.3) is 0 Å². The average Bonchev–Trinajstić information content (AvgIpc) is 2.83. The molecule has 110 valence electrons. The molecule has 1 aliphatic rings. The summed E-state index contributed by atoms with van der Waals surface area (Å²) in [6.07, 6.45) is 3.67. The number of hydrogen-bond donors (Lipinski definition) is 2. The van der Waals surface area contributed by atoms with Crippen LogP contribution in [-0.4, -0.2) is 20.4 Å². The van der Waals surface area contributed by atoms with Crippen molar-refractivity contribution < 1.29 is 17.6 Å². The molecule has 1 aromatic rings. The maximum absolute atomic E-state index is 14.1. The summed E-state index contributed by atoms with van der Waals surface area (Å²) in [5.41, 5.74) is -0.409. The highest BCUT2D eigenvalue weighted by molar-refractivity contribution is 7.89. The first-order valence-electron chi connectivity index (χ1n) is 6.12. The van der Waals surface area contributed by atoms with Gasteiger partial charge in [-0.2, -0.15) is 0 Å². The number of amides is 1. The van der Waals surface area contributed by atoms with Gasteiger partial charge in [-0.25, -0.2) is 17.9 Å². The van der Waals surface area contributed by atoms with Crippen molar-refractivity contribution in [3.05, 3.63) is 28.5 Å². The Labute approximate surface area is 121 Å².